The Morgan fingerprint density at radius 2 is 1.97 bits per heavy atom. The molecule has 170 valence electrons. The van der Waals surface area contributed by atoms with Crippen LogP contribution in [0.1, 0.15) is 55.4 Å². The molecule has 0 fully saturated rings. The van der Waals surface area contributed by atoms with E-state index in [0.717, 1.165) is 5.56 Å². The van der Waals surface area contributed by atoms with Gasteiger partial charge >= 0.3 is 0 Å². The summed E-state index contributed by atoms with van der Waals surface area (Å²) in [6.45, 7) is 10.4. The lowest BCUT2D eigenvalue weighted by Gasteiger charge is -2.16. The predicted octanol–water partition coefficient (Wildman–Crippen LogP) is 6.12. The zero-order valence-corrected chi connectivity index (χ0v) is 19.9. The van der Waals surface area contributed by atoms with Crippen LogP contribution >= 0.6 is 11.6 Å². The van der Waals surface area contributed by atoms with Gasteiger partial charge in [-0.15, -0.1) is 0 Å². The lowest BCUT2D eigenvalue weighted by Crippen LogP contribution is -2.14. The molecule has 3 aromatic rings. The highest BCUT2D eigenvalue weighted by molar-refractivity contribution is 6.32. The quantitative estimate of drug-likeness (QED) is 0.438. The fraction of sp³-hybridized carbons (Fsp3) is 0.375. The van der Waals surface area contributed by atoms with Gasteiger partial charge in [-0.2, -0.15) is 4.98 Å². The van der Waals surface area contributed by atoms with Gasteiger partial charge in [0, 0.05) is 11.5 Å². The molecule has 0 saturated carbocycles. The number of aromatic nitrogens is 2. The van der Waals surface area contributed by atoms with Crippen molar-refractivity contribution in [1.29, 1.82) is 0 Å². The average molecular weight is 458 g/mol. The maximum absolute atomic E-state index is 13.1. The van der Waals surface area contributed by atoms with E-state index in [2.05, 4.69) is 15.5 Å². The number of carbonyl (C=O) groups excluding carboxylic acids is 1. The Bertz CT molecular complexity index is 1110. The molecule has 0 aliphatic rings. The topological polar surface area (TPSA) is 86.5 Å². The van der Waals surface area contributed by atoms with Crippen molar-refractivity contribution in [3.63, 3.8) is 0 Å². The van der Waals surface area contributed by atoms with Gasteiger partial charge < -0.3 is 19.3 Å². The van der Waals surface area contributed by atoms with Crippen LogP contribution in [0.2, 0.25) is 5.02 Å². The number of aryl methyl sites for hydroxylation is 1. The first-order valence-electron chi connectivity index (χ1n) is 10.5. The van der Waals surface area contributed by atoms with Crippen LogP contribution in [-0.4, -0.2) is 29.8 Å². The number of amides is 1. The fourth-order valence-corrected chi connectivity index (χ4v) is 3.28. The van der Waals surface area contributed by atoms with Gasteiger partial charge in [-0.05, 0) is 36.6 Å². The minimum atomic E-state index is -0.347. The van der Waals surface area contributed by atoms with Crippen LogP contribution in [0.25, 0.3) is 11.5 Å². The van der Waals surface area contributed by atoms with Crippen molar-refractivity contribution in [3.05, 3.63) is 52.3 Å². The molecule has 0 aliphatic heterocycles. The van der Waals surface area contributed by atoms with Crippen molar-refractivity contribution in [2.75, 3.05) is 19.0 Å². The van der Waals surface area contributed by atoms with Crippen LogP contribution in [-0.2, 0) is 0 Å². The summed E-state index contributed by atoms with van der Waals surface area (Å²) >= 11 is 6.42. The second-order valence-electron chi connectivity index (χ2n) is 8.26. The molecule has 32 heavy (non-hydrogen) atoms. The number of hydrogen-bond donors (Lipinski definition) is 1. The van der Waals surface area contributed by atoms with Gasteiger partial charge in [0.05, 0.1) is 30.0 Å². The number of benzene rings is 2. The molecule has 1 amide bonds. The molecule has 3 rings (SSSR count). The molecule has 0 saturated heterocycles. The van der Waals surface area contributed by atoms with E-state index >= 15 is 0 Å². The number of para-hydroxylation sites is 1. The molecule has 0 bridgehead atoms. The standard InChI is InChI=1S/C24H28ClN3O4/c1-13(2)12-31-21-18(25)10-16(11-19(21)30-6)23(29)26-20-15(5)8-7-9-17(20)24-27-22(14(3)4)28-32-24/h7-11,13-14H,12H2,1-6H3,(H,26,29). The van der Waals surface area contributed by atoms with E-state index in [4.69, 9.17) is 25.6 Å². The van der Waals surface area contributed by atoms with E-state index in [1.807, 2.05) is 52.8 Å². The predicted molar refractivity (Wildman–Crippen MR) is 125 cm³/mol. The number of nitrogens with one attached hydrogen (secondary N) is 1. The van der Waals surface area contributed by atoms with E-state index in [0.29, 0.717) is 57.6 Å². The Morgan fingerprint density at radius 1 is 1.22 bits per heavy atom. The van der Waals surface area contributed by atoms with E-state index in [9.17, 15) is 4.79 Å². The fourth-order valence-electron chi connectivity index (χ4n) is 3.02. The van der Waals surface area contributed by atoms with Gasteiger partial charge in [-0.25, -0.2) is 0 Å². The number of ether oxygens (including phenoxy) is 2. The van der Waals surface area contributed by atoms with Crippen LogP contribution in [0.3, 0.4) is 0 Å². The first-order chi connectivity index (χ1) is 15.2. The van der Waals surface area contributed by atoms with Gasteiger partial charge in [-0.3, -0.25) is 4.79 Å². The summed E-state index contributed by atoms with van der Waals surface area (Å²) in [5.74, 6) is 1.86. The SMILES string of the molecule is COc1cc(C(=O)Nc2c(C)cccc2-c2nc(C(C)C)no2)cc(Cl)c1OCC(C)C. The third kappa shape index (κ3) is 5.22. The highest BCUT2D eigenvalue weighted by Gasteiger charge is 2.20. The molecule has 0 unspecified atom stereocenters. The minimum Gasteiger partial charge on any atom is -0.493 e. The van der Waals surface area contributed by atoms with E-state index in [1.54, 1.807) is 12.1 Å². The van der Waals surface area contributed by atoms with Crippen molar-refractivity contribution in [1.82, 2.24) is 10.1 Å². The highest BCUT2D eigenvalue weighted by Crippen LogP contribution is 2.37. The maximum atomic E-state index is 13.1. The maximum Gasteiger partial charge on any atom is 0.260 e. The van der Waals surface area contributed by atoms with Crippen LogP contribution in [0.4, 0.5) is 5.69 Å². The Morgan fingerprint density at radius 3 is 2.59 bits per heavy atom. The number of carbonyl (C=O) groups is 1. The van der Waals surface area contributed by atoms with Gasteiger partial charge in [0.25, 0.3) is 11.8 Å². The minimum absolute atomic E-state index is 0.126. The average Bonchev–Trinajstić information content (AvgIpc) is 3.24. The molecule has 1 aromatic heterocycles. The first-order valence-corrected chi connectivity index (χ1v) is 10.8. The van der Waals surface area contributed by atoms with Crippen LogP contribution < -0.4 is 14.8 Å². The highest BCUT2D eigenvalue weighted by atomic mass is 35.5. The zero-order chi connectivity index (χ0) is 23.4. The number of anilines is 1. The molecule has 0 atom stereocenters. The van der Waals surface area contributed by atoms with Crippen LogP contribution in [0.5, 0.6) is 11.5 Å². The summed E-state index contributed by atoms with van der Waals surface area (Å²) in [6, 6.07) is 8.78. The summed E-state index contributed by atoms with van der Waals surface area (Å²) in [5, 5.41) is 7.29. The summed E-state index contributed by atoms with van der Waals surface area (Å²) in [7, 11) is 1.51. The summed E-state index contributed by atoms with van der Waals surface area (Å²) in [6.07, 6.45) is 0. The molecule has 0 spiro atoms. The van der Waals surface area contributed by atoms with Gasteiger partial charge in [0.15, 0.2) is 17.3 Å². The Labute approximate surface area is 193 Å². The number of nitrogens with zero attached hydrogens (tertiary/aromatic N) is 2. The van der Waals surface area contributed by atoms with Gasteiger partial charge in [0.2, 0.25) is 0 Å². The molecular formula is C24H28ClN3O4. The summed E-state index contributed by atoms with van der Waals surface area (Å²) in [5.41, 5.74) is 2.43. The molecule has 7 nitrogen and oxygen atoms in total. The van der Waals surface area contributed by atoms with Crippen molar-refractivity contribution >= 4 is 23.2 Å². The van der Waals surface area contributed by atoms with E-state index in [-0.39, 0.29) is 11.8 Å². The van der Waals surface area contributed by atoms with Crippen LogP contribution in [0.15, 0.2) is 34.9 Å². The third-order valence-electron chi connectivity index (χ3n) is 4.75. The van der Waals surface area contributed by atoms with E-state index < -0.39 is 0 Å². The second-order valence-corrected chi connectivity index (χ2v) is 8.67. The van der Waals surface area contributed by atoms with Crippen molar-refractivity contribution in [3.8, 4) is 23.0 Å². The normalized spacial score (nSPS) is 11.2. The van der Waals surface area contributed by atoms with Crippen molar-refractivity contribution in [2.45, 2.75) is 40.5 Å². The molecule has 8 heteroatoms. The van der Waals surface area contributed by atoms with Gasteiger partial charge in [0.1, 0.15) is 0 Å². The molecule has 1 N–H and O–H groups in total. The largest absolute Gasteiger partial charge is 0.493 e. The second kappa shape index (κ2) is 10.0. The lowest BCUT2D eigenvalue weighted by atomic mass is 10.1. The van der Waals surface area contributed by atoms with E-state index in [1.165, 1.54) is 7.11 Å². The van der Waals surface area contributed by atoms with Crippen LogP contribution in [0, 0.1) is 12.8 Å². The number of methoxy groups -OCH3 is 1. The van der Waals surface area contributed by atoms with Gasteiger partial charge in [-0.1, -0.05) is 56.6 Å². The first kappa shape index (κ1) is 23.6. The lowest BCUT2D eigenvalue weighted by molar-refractivity contribution is 0.102. The Kier molecular flexibility index (Phi) is 7.40. The molecular weight excluding hydrogens is 430 g/mol. The number of rotatable bonds is 8. The molecule has 1 heterocycles. The summed E-state index contributed by atoms with van der Waals surface area (Å²) in [4.78, 5) is 17.6. The molecule has 0 aliphatic carbocycles. The molecule has 0 radical (unpaired) electrons. The number of halogens is 1. The number of hydrogen-bond acceptors (Lipinski definition) is 6. The summed E-state index contributed by atoms with van der Waals surface area (Å²) < 4.78 is 16.6. The Balaban J connectivity index is 1.93. The monoisotopic (exact) mass is 457 g/mol. The van der Waals surface area contributed by atoms with Crippen molar-refractivity contribution < 1.29 is 18.8 Å². The molecule has 2 aromatic carbocycles. The smallest absolute Gasteiger partial charge is 0.260 e. The Hall–Kier alpha value is -3.06. The zero-order valence-electron chi connectivity index (χ0n) is 19.2. The third-order valence-corrected chi connectivity index (χ3v) is 5.03. The van der Waals surface area contributed by atoms with Crippen molar-refractivity contribution in [2.24, 2.45) is 5.92 Å².